The maximum atomic E-state index is 12.2. The zero-order valence-electron chi connectivity index (χ0n) is 9.77. The third-order valence-corrected chi connectivity index (χ3v) is 4.36. The molecule has 2 saturated carbocycles. The second-order valence-electron chi connectivity index (χ2n) is 5.00. The Morgan fingerprint density at radius 3 is 2.94 bits per heavy atom. The molecule has 0 radical (unpaired) electrons. The Morgan fingerprint density at radius 1 is 1.53 bits per heavy atom. The molecule has 0 saturated heterocycles. The summed E-state index contributed by atoms with van der Waals surface area (Å²) in [7, 11) is 1.93. The van der Waals surface area contributed by atoms with E-state index in [0.717, 1.165) is 16.6 Å². The van der Waals surface area contributed by atoms with Crippen LogP contribution < -0.4 is 0 Å². The number of amides is 1. The third kappa shape index (κ3) is 2.10. The summed E-state index contributed by atoms with van der Waals surface area (Å²) >= 11 is 3.50. The van der Waals surface area contributed by atoms with Crippen LogP contribution in [0, 0.1) is 5.92 Å². The molecule has 17 heavy (non-hydrogen) atoms. The van der Waals surface area contributed by atoms with E-state index in [1.165, 1.54) is 12.8 Å². The third-order valence-electron chi connectivity index (χ3n) is 3.69. The first-order chi connectivity index (χ1) is 8.18. The van der Waals surface area contributed by atoms with Gasteiger partial charge in [-0.1, -0.05) is 0 Å². The van der Waals surface area contributed by atoms with Crippen LogP contribution in [0.25, 0.3) is 0 Å². The second kappa shape index (κ2) is 4.09. The lowest BCUT2D eigenvalue weighted by Gasteiger charge is -2.16. The van der Waals surface area contributed by atoms with E-state index in [0.29, 0.717) is 17.9 Å². The molecule has 2 atom stereocenters. The van der Waals surface area contributed by atoms with E-state index >= 15 is 0 Å². The van der Waals surface area contributed by atoms with Crippen molar-refractivity contribution in [3.05, 3.63) is 28.5 Å². The van der Waals surface area contributed by atoms with Crippen molar-refractivity contribution in [2.45, 2.75) is 31.2 Å². The molecule has 0 aromatic carbocycles. The van der Waals surface area contributed by atoms with Gasteiger partial charge in [0.05, 0.1) is 5.69 Å². The Labute approximate surface area is 109 Å². The molecule has 3 nitrogen and oxygen atoms in total. The number of hydrogen-bond acceptors (Lipinski definition) is 2. The topological polar surface area (TPSA) is 33.2 Å². The lowest BCUT2D eigenvalue weighted by Crippen LogP contribution is -2.30. The Bertz CT molecular complexity index is 458. The molecule has 1 aromatic heterocycles. The van der Waals surface area contributed by atoms with Gasteiger partial charge in [-0.15, -0.1) is 0 Å². The number of pyridine rings is 1. The SMILES string of the molecule is CN(C(=O)[C@@H]1C[C@H]1c1ncccc1Br)C1CC1. The summed E-state index contributed by atoms with van der Waals surface area (Å²) in [6, 6.07) is 4.41. The standard InChI is InChI=1S/C13H15BrN2O/c1-16(8-4-5-8)13(17)10-7-9(10)12-11(14)3-2-6-15-12/h2-3,6,8-10H,4-5,7H2,1H3/t9-,10-/m1/s1. The number of aromatic nitrogens is 1. The Kier molecular flexibility index (Phi) is 2.69. The first kappa shape index (κ1) is 11.2. The monoisotopic (exact) mass is 294 g/mol. The molecule has 90 valence electrons. The second-order valence-corrected chi connectivity index (χ2v) is 5.85. The van der Waals surface area contributed by atoms with Gasteiger partial charge >= 0.3 is 0 Å². The Balaban J connectivity index is 1.70. The summed E-state index contributed by atoms with van der Waals surface area (Å²) in [4.78, 5) is 18.5. The highest BCUT2D eigenvalue weighted by Gasteiger charge is 2.48. The van der Waals surface area contributed by atoms with E-state index in [4.69, 9.17) is 0 Å². The van der Waals surface area contributed by atoms with Gasteiger partial charge in [0, 0.05) is 35.6 Å². The molecule has 2 aliphatic rings. The van der Waals surface area contributed by atoms with Crippen LogP contribution >= 0.6 is 15.9 Å². The molecular formula is C13H15BrN2O. The Morgan fingerprint density at radius 2 is 2.29 bits per heavy atom. The van der Waals surface area contributed by atoms with Crippen molar-refractivity contribution in [3.63, 3.8) is 0 Å². The largest absolute Gasteiger partial charge is 0.343 e. The summed E-state index contributed by atoms with van der Waals surface area (Å²) in [5, 5.41) is 0. The van der Waals surface area contributed by atoms with Crippen LogP contribution in [0.4, 0.5) is 0 Å². The van der Waals surface area contributed by atoms with Crippen molar-refractivity contribution in [1.82, 2.24) is 9.88 Å². The number of hydrogen-bond donors (Lipinski definition) is 0. The highest BCUT2D eigenvalue weighted by Crippen LogP contribution is 2.50. The van der Waals surface area contributed by atoms with E-state index in [2.05, 4.69) is 20.9 Å². The fourth-order valence-corrected chi connectivity index (χ4v) is 2.89. The first-order valence-electron chi connectivity index (χ1n) is 6.05. The predicted molar refractivity (Wildman–Crippen MR) is 68.6 cm³/mol. The van der Waals surface area contributed by atoms with E-state index in [-0.39, 0.29) is 5.92 Å². The molecule has 1 heterocycles. The number of rotatable bonds is 3. The van der Waals surface area contributed by atoms with E-state index in [1.807, 2.05) is 24.1 Å². The van der Waals surface area contributed by atoms with Crippen molar-refractivity contribution in [1.29, 1.82) is 0 Å². The van der Waals surface area contributed by atoms with Crippen LogP contribution in [0.3, 0.4) is 0 Å². The molecule has 1 aromatic rings. The van der Waals surface area contributed by atoms with Crippen LogP contribution in [0.1, 0.15) is 30.9 Å². The van der Waals surface area contributed by atoms with Crippen LogP contribution in [0.5, 0.6) is 0 Å². The van der Waals surface area contributed by atoms with Crippen molar-refractivity contribution in [3.8, 4) is 0 Å². The minimum atomic E-state index is 0.159. The molecule has 3 rings (SSSR count). The quantitative estimate of drug-likeness (QED) is 0.858. The van der Waals surface area contributed by atoms with Gasteiger partial charge in [-0.05, 0) is 47.3 Å². The molecule has 0 bridgehead atoms. The molecule has 0 aliphatic heterocycles. The molecular weight excluding hydrogens is 280 g/mol. The average molecular weight is 295 g/mol. The Hall–Kier alpha value is -0.900. The highest BCUT2D eigenvalue weighted by molar-refractivity contribution is 9.10. The molecule has 4 heteroatoms. The zero-order chi connectivity index (χ0) is 12.0. The first-order valence-corrected chi connectivity index (χ1v) is 6.85. The summed E-state index contributed by atoms with van der Waals surface area (Å²) in [6.45, 7) is 0. The van der Waals surface area contributed by atoms with Gasteiger partial charge < -0.3 is 4.90 Å². The van der Waals surface area contributed by atoms with Gasteiger partial charge in [-0.2, -0.15) is 0 Å². The summed E-state index contributed by atoms with van der Waals surface area (Å²) in [5.74, 6) is 0.779. The lowest BCUT2D eigenvalue weighted by atomic mass is 10.2. The van der Waals surface area contributed by atoms with E-state index < -0.39 is 0 Å². The zero-order valence-corrected chi connectivity index (χ0v) is 11.4. The van der Waals surface area contributed by atoms with Gasteiger partial charge in [0.15, 0.2) is 0 Å². The normalized spacial score (nSPS) is 26.7. The molecule has 2 fully saturated rings. The summed E-state index contributed by atoms with van der Waals surface area (Å²) in [6.07, 6.45) is 5.09. The smallest absolute Gasteiger partial charge is 0.226 e. The van der Waals surface area contributed by atoms with Crippen molar-refractivity contribution in [2.24, 2.45) is 5.92 Å². The van der Waals surface area contributed by atoms with Gasteiger partial charge in [0.1, 0.15) is 0 Å². The number of carbonyl (C=O) groups excluding carboxylic acids is 1. The van der Waals surface area contributed by atoms with Crippen molar-refractivity contribution in [2.75, 3.05) is 7.05 Å². The minimum absolute atomic E-state index is 0.159. The number of carbonyl (C=O) groups is 1. The maximum Gasteiger partial charge on any atom is 0.226 e. The van der Waals surface area contributed by atoms with Gasteiger partial charge in [0.25, 0.3) is 0 Å². The number of halogens is 1. The predicted octanol–water partition coefficient (Wildman–Crippen LogP) is 2.57. The van der Waals surface area contributed by atoms with Crippen LogP contribution in [0.2, 0.25) is 0 Å². The molecule has 2 aliphatic carbocycles. The highest BCUT2D eigenvalue weighted by atomic mass is 79.9. The van der Waals surface area contributed by atoms with Crippen molar-refractivity contribution >= 4 is 21.8 Å². The van der Waals surface area contributed by atoms with Crippen LogP contribution in [-0.2, 0) is 4.79 Å². The maximum absolute atomic E-state index is 12.2. The van der Waals surface area contributed by atoms with E-state index in [9.17, 15) is 4.79 Å². The number of nitrogens with zero attached hydrogens (tertiary/aromatic N) is 2. The van der Waals surface area contributed by atoms with Gasteiger partial charge in [-0.25, -0.2) is 0 Å². The molecule has 1 amide bonds. The average Bonchev–Trinajstić information content (AvgIpc) is 3.19. The summed E-state index contributed by atoms with van der Waals surface area (Å²) < 4.78 is 1.02. The fourth-order valence-electron chi connectivity index (χ4n) is 2.34. The van der Waals surface area contributed by atoms with Gasteiger partial charge in [-0.3, -0.25) is 9.78 Å². The molecule has 0 N–H and O–H groups in total. The minimum Gasteiger partial charge on any atom is -0.343 e. The lowest BCUT2D eigenvalue weighted by molar-refractivity contribution is -0.131. The van der Waals surface area contributed by atoms with E-state index in [1.54, 1.807) is 6.20 Å². The molecule has 0 spiro atoms. The van der Waals surface area contributed by atoms with Gasteiger partial charge in [0.2, 0.25) is 5.91 Å². The van der Waals surface area contributed by atoms with Crippen LogP contribution in [-0.4, -0.2) is 28.9 Å². The van der Waals surface area contributed by atoms with Crippen molar-refractivity contribution < 1.29 is 4.79 Å². The fraction of sp³-hybridized carbons (Fsp3) is 0.538. The molecule has 0 unspecified atom stereocenters. The van der Waals surface area contributed by atoms with Crippen LogP contribution in [0.15, 0.2) is 22.8 Å². The summed E-state index contributed by atoms with van der Waals surface area (Å²) in [5.41, 5.74) is 1.04.